The van der Waals surface area contributed by atoms with Gasteiger partial charge >= 0.3 is 12.1 Å². The van der Waals surface area contributed by atoms with Gasteiger partial charge in [0, 0.05) is 6.42 Å². The van der Waals surface area contributed by atoms with Crippen LogP contribution < -0.4 is 9.64 Å². The van der Waals surface area contributed by atoms with Crippen molar-refractivity contribution < 1.29 is 24.2 Å². The molecule has 1 unspecified atom stereocenters. The Labute approximate surface area is 116 Å². The number of carboxylic acid groups (broad SMARTS) is 1. The Hall–Kier alpha value is -2.24. The summed E-state index contributed by atoms with van der Waals surface area (Å²) in [5.41, 5.74) is -0.171. The van der Waals surface area contributed by atoms with E-state index in [4.69, 9.17) is 14.6 Å². The highest BCUT2D eigenvalue weighted by molar-refractivity contribution is 5.92. The Balaban J connectivity index is 2.18. The van der Waals surface area contributed by atoms with Crippen LogP contribution in [0.3, 0.4) is 0 Å². The second-order valence-corrected chi connectivity index (χ2v) is 4.97. The molecule has 0 radical (unpaired) electrons. The Bertz CT molecular complexity index is 530. The van der Waals surface area contributed by atoms with Crippen LogP contribution in [0.2, 0.25) is 0 Å². The van der Waals surface area contributed by atoms with E-state index in [9.17, 15) is 9.59 Å². The number of amides is 1. The van der Waals surface area contributed by atoms with E-state index in [0.717, 1.165) is 0 Å². The number of benzene rings is 1. The Kier molecular flexibility index (Phi) is 3.83. The first kappa shape index (κ1) is 14.2. The maximum Gasteiger partial charge on any atom is 0.415 e. The third kappa shape index (κ3) is 2.84. The molecule has 0 saturated carbocycles. The fourth-order valence-electron chi connectivity index (χ4n) is 2.23. The van der Waals surface area contributed by atoms with E-state index in [2.05, 4.69) is 0 Å². The van der Waals surface area contributed by atoms with Crippen molar-refractivity contribution in [3.63, 3.8) is 0 Å². The van der Waals surface area contributed by atoms with Gasteiger partial charge in [0.15, 0.2) is 0 Å². The van der Waals surface area contributed by atoms with Gasteiger partial charge in [-0.15, -0.1) is 0 Å². The van der Waals surface area contributed by atoms with E-state index in [-0.39, 0.29) is 12.8 Å². The third-order valence-corrected chi connectivity index (χ3v) is 3.29. The van der Waals surface area contributed by atoms with Gasteiger partial charge in [-0.3, -0.25) is 9.69 Å². The first-order valence-corrected chi connectivity index (χ1v) is 6.30. The number of carbonyl (C=O) groups is 2. The lowest BCUT2D eigenvalue weighted by Crippen LogP contribution is -2.32. The lowest BCUT2D eigenvalue weighted by Gasteiger charge is -2.21. The van der Waals surface area contributed by atoms with Crippen molar-refractivity contribution in [1.29, 1.82) is 0 Å². The minimum atomic E-state index is -0.905. The molecule has 6 nitrogen and oxygen atoms in total. The summed E-state index contributed by atoms with van der Waals surface area (Å²) in [7, 11) is 1.53. The average molecular weight is 279 g/mol. The van der Waals surface area contributed by atoms with Gasteiger partial charge in [0.1, 0.15) is 11.4 Å². The van der Waals surface area contributed by atoms with Crippen molar-refractivity contribution in [2.75, 3.05) is 18.6 Å². The third-order valence-electron chi connectivity index (χ3n) is 3.29. The van der Waals surface area contributed by atoms with Crippen LogP contribution in [0.5, 0.6) is 5.75 Å². The lowest BCUT2D eigenvalue weighted by molar-refractivity contribution is -0.138. The van der Waals surface area contributed by atoms with Crippen molar-refractivity contribution >= 4 is 17.7 Å². The van der Waals surface area contributed by atoms with Crippen molar-refractivity contribution in [1.82, 2.24) is 0 Å². The average Bonchev–Trinajstić information content (AvgIpc) is 2.72. The van der Waals surface area contributed by atoms with E-state index < -0.39 is 17.7 Å². The highest BCUT2D eigenvalue weighted by Gasteiger charge is 2.42. The van der Waals surface area contributed by atoms with Crippen molar-refractivity contribution in [3.8, 4) is 5.75 Å². The van der Waals surface area contributed by atoms with Crippen LogP contribution in [0.25, 0.3) is 0 Å². The molecule has 1 N–H and O–H groups in total. The number of nitrogens with zero attached hydrogens (tertiary/aromatic N) is 1. The molecule has 108 valence electrons. The maximum atomic E-state index is 12.0. The van der Waals surface area contributed by atoms with E-state index in [1.54, 1.807) is 25.1 Å². The molecule has 20 heavy (non-hydrogen) atoms. The molecule has 0 aliphatic carbocycles. The molecule has 1 aromatic rings. The van der Waals surface area contributed by atoms with Gasteiger partial charge in [0.05, 0.1) is 19.3 Å². The normalized spacial score (nSPS) is 21.7. The van der Waals surface area contributed by atoms with Crippen molar-refractivity contribution in [2.24, 2.45) is 0 Å². The Morgan fingerprint density at radius 1 is 1.50 bits per heavy atom. The summed E-state index contributed by atoms with van der Waals surface area (Å²) >= 11 is 0. The summed E-state index contributed by atoms with van der Waals surface area (Å²) in [6.07, 6.45) is -0.245. The van der Waals surface area contributed by atoms with Crippen molar-refractivity contribution in [2.45, 2.75) is 25.4 Å². The molecule has 0 bridgehead atoms. The molecule has 1 saturated heterocycles. The number of rotatable bonds is 5. The van der Waals surface area contributed by atoms with Gasteiger partial charge < -0.3 is 14.6 Å². The topological polar surface area (TPSA) is 76.1 Å². The number of hydrogen-bond donors (Lipinski definition) is 1. The molecular formula is C14H17NO5. The number of cyclic esters (lactones) is 1. The second-order valence-electron chi connectivity index (χ2n) is 4.97. The van der Waals surface area contributed by atoms with Gasteiger partial charge in [-0.25, -0.2) is 4.79 Å². The molecule has 1 atom stereocenters. The number of anilines is 1. The molecular weight excluding hydrogens is 262 g/mol. The summed E-state index contributed by atoms with van der Waals surface area (Å²) in [4.78, 5) is 24.1. The van der Waals surface area contributed by atoms with Crippen molar-refractivity contribution in [3.05, 3.63) is 24.3 Å². The molecule has 1 aliphatic heterocycles. The molecule has 2 rings (SSSR count). The number of hydrogen-bond acceptors (Lipinski definition) is 4. The molecule has 0 aromatic heterocycles. The zero-order valence-corrected chi connectivity index (χ0v) is 11.5. The number of para-hydroxylation sites is 2. The molecule has 1 fully saturated rings. The lowest BCUT2D eigenvalue weighted by atomic mass is 10.00. The van der Waals surface area contributed by atoms with Crippen LogP contribution in [0.4, 0.5) is 10.5 Å². The quantitative estimate of drug-likeness (QED) is 0.894. The summed E-state index contributed by atoms with van der Waals surface area (Å²) < 4.78 is 10.6. The van der Waals surface area contributed by atoms with Gasteiger partial charge in [-0.1, -0.05) is 12.1 Å². The summed E-state index contributed by atoms with van der Waals surface area (Å²) in [6.45, 7) is 2.04. The standard InChI is InChI=1S/C14H17NO5/c1-14(8-7-12(16)17)9-15(13(18)20-14)10-5-3-4-6-11(10)19-2/h3-6H,7-9H2,1-2H3,(H,16,17). The number of aliphatic carboxylic acids is 1. The predicted molar refractivity (Wildman–Crippen MR) is 72.1 cm³/mol. The summed E-state index contributed by atoms with van der Waals surface area (Å²) in [6, 6.07) is 7.14. The highest BCUT2D eigenvalue weighted by atomic mass is 16.6. The van der Waals surface area contributed by atoms with Crippen LogP contribution >= 0.6 is 0 Å². The van der Waals surface area contributed by atoms with E-state index in [1.807, 2.05) is 6.07 Å². The van der Waals surface area contributed by atoms with Crippen LogP contribution in [0.15, 0.2) is 24.3 Å². The maximum absolute atomic E-state index is 12.0. The summed E-state index contributed by atoms with van der Waals surface area (Å²) in [5, 5.41) is 8.75. The first-order chi connectivity index (χ1) is 9.45. The van der Waals surface area contributed by atoms with Gasteiger partial charge in [0.25, 0.3) is 0 Å². The fraction of sp³-hybridized carbons (Fsp3) is 0.429. The minimum Gasteiger partial charge on any atom is -0.495 e. The zero-order chi connectivity index (χ0) is 14.8. The zero-order valence-electron chi connectivity index (χ0n) is 11.5. The molecule has 6 heteroatoms. The monoisotopic (exact) mass is 279 g/mol. The SMILES string of the molecule is COc1ccccc1N1CC(C)(CCC(=O)O)OC1=O. The summed E-state index contributed by atoms with van der Waals surface area (Å²) in [5.74, 6) is -0.329. The second kappa shape index (κ2) is 5.40. The van der Waals surface area contributed by atoms with Gasteiger partial charge in [-0.2, -0.15) is 0 Å². The first-order valence-electron chi connectivity index (χ1n) is 6.30. The number of ether oxygens (including phenoxy) is 2. The van der Waals surface area contributed by atoms with E-state index in [0.29, 0.717) is 18.0 Å². The van der Waals surface area contributed by atoms with Gasteiger partial charge in [-0.05, 0) is 25.5 Å². The van der Waals surface area contributed by atoms with Crippen LogP contribution in [-0.2, 0) is 9.53 Å². The molecule has 1 aliphatic rings. The van der Waals surface area contributed by atoms with E-state index >= 15 is 0 Å². The van der Waals surface area contributed by atoms with Crippen LogP contribution in [-0.4, -0.2) is 36.4 Å². The smallest absolute Gasteiger partial charge is 0.415 e. The molecule has 1 aromatic carbocycles. The fourth-order valence-corrected chi connectivity index (χ4v) is 2.23. The van der Waals surface area contributed by atoms with Gasteiger partial charge in [0.2, 0.25) is 0 Å². The van der Waals surface area contributed by atoms with Crippen LogP contribution in [0.1, 0.15) is 19.8 Å². The molecule has 1 amide bonds. The Morgan fingerprint density at radius 3 is 2.85 bits per heavy atom. The highest BCUT2D eigenvalue weighted by Crippen LogP contribution is 2.35. The van der Waals surface area contributed by atoms with E-state index in [1.165, 1.54) is 12.0 Å². The molecule has 1 heterocycles. The minimum absolute atomic E-state index is 0.0382. The number of carbonyl (C=O) groups excluding carboxylic acids is 1. The number of carboxylic acids is 1. The molecule has 0 spiro atoms. The van der Waals surface area contributed by atoms with Crippen LogP contribution in [0, 0.1) is 0 Å². The largest absolute Gasteiger partial charge is 0.495 e. The predicted octanol–water partition coefficient (Wildman–Crippen LogP) is 2.28. The number of methoxy groups -OCH3 is 1. The Morgan fingerprint density at radius 2 is 2.20 bits per heavy atom.